The first-order valence-corrected chi connectivity index (χ1v) is 9.46. The SMILES string of the molecule is CC[C@@H](Oc1ccc2c(c1)CCCC2)C(=O)Nc1ccc(OC)cc1OC. The van der Waals surface area contributed by atoms with E-state index in [0.29, 0.717) is 23.6 Å². The van der Waals surface area contributed by atoms with Gasteiger partial charge in [-0.05, 0) is 67.5 Å². The zero-order valence-corrected chi connectivity index (χ0v) is 16.2. The normalized spacial score (nSPS) is 14.0. The third-order valence-corrected chi connectivity index (χ3v) is 4.93. The highest BCUT2D eigenvalue weighted by Crippen LogP contribution is 2.30. The maximum absolute atomic E-state index is 12.7. The maximum atomic E-state index is 12.7. The predicted octanol–water partition coefficient (Wildman–Crippen LogP) is 4.38. The molecule has 0 radical (unpaired) electrons. The minimum Gasteiger partial charge on any atom is -0.497 e. The van der Waals surface area contributed by atoms with Crippen LogP contribution >= 0.6 is 0 Å². The number of rotatable bonds is 7. The molecule has 0 saturated heterocycles. The molecule has 144 valence electrons. The highest BCUT2D eigenvalue weighted by atomic mass is 16.5. The summed E-state index contributed by atoms with van der Waals surface area (Å²) in [6.07, 6.45) is 4.67. The van der Waals surface area contributed by atoms with Crippen molar-refractivity contribution >= 4 is 11.6 Å². The second-order valence-corrected chi connectivity index (χ2v) is 6.71. The van der Waals surface area contributed by atoms with Crippen molar-refractivity contribution in [1.82, 2.24) is 0 Å². The number of anilines is 1. The van der Waals surface area contributed by atoms with Crippen LogP contribution in [0.15, 0.2) is 36.4 Å². The van der Waals surface area contributed by atoms with Crippen molar-refractivity contribution in [2.75, 3.05) is 19.5 Å². The summed E-state index contributed by atoms with van der Waals surface area (Å²) >= 11 is 0. The number of hydrogen-bond donors (Lipinski definition) is 1. The second kappa shape index (κ2) is 8.80. The Kier molecular flexibility index (Phi) is 6.22. The van der Waals surface area contributed by atoms with Gasteiger partial charge >= 0.3 is 0 Å². The molecule has 0 spiro atoms. The fourth-order valence-corrected chi connectivity index (χ4v) is 3.38. The van der Waals surface area contributed by atoms with Gasteiger partial charge in [-0.25, -0.2) is 0 Å². The van der Waals surface area contributed by atoms with Crippen molar-refractivity contribution in [3.63, 3.8) is 0 Å². The number of benzene rings is 2. The molecule has 0 aliphatic heterocycles. The molecule has 1 amide bonds. The van der Waals surface area contributed by atoms with Crippen molar-refractivity contribution in [2.24, 2.45) is 0 Å². The van der Waals surface area contributed by atoms with E-state index in [1.807, 2.05) is 13.0 Å². The lowest BCUT2D eigenvalue weighted by Gasteiger charge is -2.21. The van der Waals surface area contributed by atoms with Gasteiger partial charge < -0.3 is 19.5 Å². The number of ether oxygens (including phenoxy) is 3. The number of hydrogen-bond acceptors (Lipinski definition) is 4. The zero-order valence-electron chi connectivity index (χ0n) is 16.2. The maximum Gasteiger partial charge on any atom is 0.265 e. The summed E-state index contributed by atoms with van der Waals surface area (Å²) in [6.45, 7) is 1.94. The van der Waals surface area contributed by atoms with E-state index in [1.165, 1.54) is 24.0 Å². The molecule has 0 bridgehead atoms. The molecule has 0 saturated carbocycles. The fourth-order valence-electron chi connectivity index (χ4n) is 3.38. The van der Waals surface area contributed by atoms with E-state index in [2.05, 4.69) is 17.4 Å². The van der Waals surface area contributed by atoms with Gasteiger partial charge in [0, 0.05) is 6.07 Å². The van der Waals surface area contributed by atoms with Crippen molar-refractivity contribution in [3.05, 3.63) is 47.5 Å². The standard InChI is InChI=1S/C22H27NO4/c1-4-20(27-18-10-9-15-7-5-6-8-16(15)13-18)22(24)23-19-12-11-17(25-2)14-21(19)26-3/h9-14,20H,4-8H2,1-3H3,(H,23,24)/t20-/m1/s1. The topological polar surface area (TPSA) is 56.8 Å². The Balaban J connectivity index is 1.71. The summed E-state index contributed by atoms with van der Waals surface area (Å²) in [5.74, 6) is 1.77. The second-order valence-electron chi connectivity index (χ2n) is 6.71. The number of aryl methyl sites for hydroxylation is 2. The smallest absolute Gasteiger partial charge is 0.265 e. The Morgan fingerprint density at radius 3 is 2.44 bits per heavy atom. The summed E-state index contributed by atoms with van der Waals surface area (Å²) in [6, 6.07) is 11.5. The Morgan fingerprint density at radius 2 is 1.74 bits per heavy atom. The average molecular weight is 369 g/mol. The third-order valence-electron chi connectivity index (χ3n) is 4.93. The molecule has 1 N–H and O–H groups in total. The van der Waals surface area contributed by atoms with Crippen LogP contribution in [0.3, 0.4) is 0 Å². The molecule has 27 heavy (non-hydrogen) atoms. The van der Waals surface area contributed by atoms with E-state index in [4.69, 9.17) is 14.2 Å². The van der Waals surface area contributed by atoms with Crippen LogP contribution in [0.2, 0.25) is 0 Å². The summed E-state index contributed by atoms with van der Waals surface area (Å²) in [4.78, 5) is 12.7. The average Bonchev–Trinajstić information content (AvgIpc) is 2.72. The van der Waals surface area contributed by atoms with Gasteiger partial charge in [0.05, 0.1) is 19.9 Å². The van der Waals surface area contributed by atoms with Gasteiger partial charge in [0.25, 0.3) is 5.91 Å². The Bertz CT molecular complexity index is 803. The van der Waals surface area contributed by atoms with Crippen LogP contribution in [-0.2, 0) is 17.6 Å². The number of methoxy groups -OCH3 is 2. The molecule has 0 heterocycles. The minimum absolute atomic E-state index is 0.196. The van der Waals surface area contributed by atoms with E-state index in [1.54, 1.807) is 32.4 Å². The quantitative estimate of drug-likeness (QED) is 0.787. The Hall–Kier alpha value is -2.69. The van der Waals surface area contributed by atoms with Gasteiger partial charge in [0.1, 0.15) is 17.2 Å². The van der Waals surface area contributed by atoms with Gasteiger partial charge in [-0.3, -0.25) is 4.79 Å². The van der Waals surface area contributed by atoms with Gasteiger partial charge in [-0.1, -0.05) is 13.0 Å². The van der Waals surface area contributed by atoms with E-state index in [9.17, 15) is 4.79 Å². The third kappa shape index (κ3) is 4.54. The molecule has 5 heteroatoms. The predicted molar refractivity (Wildman–Crippen MR) is 106 cm³/mol. The molecule has 0 unspecified atom stereocenters. The molecular formula is C22H27NO4. The number of carbonyl (C=O) groups is 1. The van der Waals surface area contributed by atoms with Crippen LogP contribution in [0.25, 0.3) is 0 Å². The van der Waals surface area contributed by atoms with Crippen molar-refractivity contribution < 1.29 is 19.0 Å². The molecule has 0 aromatic heterocycles. The van der Waals surface area contributed by atoms with Crippen LogP contribution in [0.4, 0.5) is 5.69 Å². The molecule has 2 aromatic rings. The Morgan fingerprint density at radius 1 is 1.00 bits per heavy atom. The molecule has 3 rings (SSSR count). The highest BCUT2D eigenvalue weighted by Gasteiger charge is 2.21. The number of fused-ring (bicyclic) bond motifs is 1. The molecule has 1 atom stereocenters. The van der Waals surface area contributed by atoms with Gasteiger partial charge in [-0.2, -0.15) is 0 Å². The molecule has 0 fully saturated rings. The fraction of sp³-hybridized carbons (Fsp3) is 0.409. The minimum atomic E-state index is -0.571. The molecule has 2 aromatic carbocycles. The zero-order chi connectivity index (χ0) is 19.2. The van der Waals surface area contributed by atoms with E-state index in [0.717, 1.165) is 18.6 Å². The Labute approximate surface area is 160 Å². The first-order chi connectivity index (χ1) is 13.1. The van der Waals surface area contributed by atoms with Gasteiger partial charge in [0.15, 0.2) is 6.10 Å². The van der Waals surface area contributed by atoms with Crippen LogP contribution in [-0.4, -0.2) is 26.2 Å². The first-order valence-electron chi connectivity index (χ1n) is 9.46. The summed E-state index contributed by atoms with van der Waals surface area (Å²) < 4.78 is 16.5. The van der Waals surface area contributed by atoms with Crippen LogP contribution in [0.5, 0.6) is 17.2 Å². The highest BCUT2D eigenvalue weighted by molar-refractivity contribution is 5.95. The lowest BCUT2D eigenvalue weighted by Crippen LogP contribution is -2.32. The molecular weight excluding hydrogens is 342 g/mol. The number of carbonyl (C=O) groups excluding carboxylic acids is 1. The van der Waals surface area contributed by atoms with Gasteiger partial charge in [0.2, 0.25) is 0 Å². The monoisotopic (exact) mass is 369 g/mol. The molecule has 1 aliphatic rings. The molecule has 5 nitrogen and oxygen atoms in total. The van der Waals surface area contributed by atoms with Crippen LogP contribution < -0.4 is 19.5 Å². The number of nitrogens with one attached hydrogen (secondary N) is 1. The van der Waals surface area contributed by atoms with Crippen LogP contribution in [0.1, 0.15) is 37.3 Å². The lowest BCUT2D eigenvalue weighted by molar-refractivity contribution is -0.122. The molecule has 1 aliphatic carbocycles. The summed E-state index contributed by atoms with van der Waals surface area (Å²) in [7, 11) is 3.15. The van der Waals surface area contributed by atoms with E-state index < -0.39 is 6.10 Å². The number of amides is 1. The summed E-state index contributed by atoms with van der Waals surface area (Å²) in [5, 5.41) is 2.90. The van der Waals surface area contributed by atoms with Crippen molar-refractivity contribution in [2.45, 2.75) is 45.1 Å². The lowest BCUT2D eigenvalue weighted by atomic mass is 9.92. The van der Waals surface area contributed by atoms with Crippen LogP contribution in [0, 0.1) is 0 Å². The van der Waals surface area contributed by atoms with Gasteiger partial charge in [-0.15, -0.1) is 0 Å². The summed E-state index contributed by atoms with van der Waals surface area (Å²) in [5.41, 5.74) is 3.33. The van der Waals surface area contributed by atoms with Crippen molar-refractivity contribution in [1.29, 1.82) is 0 Å². The largest absolute Gasteiger partial charge is 0.497 e. The van der Waals surface area contributed by atoms with E-state index in [-0.39, 0.29) is 5.91 Å². The van der Waals surface area contributed by atoms with E-state index >= 15 is 0 Å². The first kappa shape index (κ1) is 19.1. The van der Waals surface area contributed by atoms with Crippen molar-refractivity contribution in [3.8, 4) is 17.2 Å².